The number of rotatable bonds is 7. The van der Waals surface area contributed by atoms with E-state index in [1.54, 1.807) is 29.8 Å². The van der Waals surface area contributed by atoms with Crippen molar-refractivity contribution in [1.82, 2.24) is 9.55 Å². The van der Waals surface area contributed by atoms with Crippen molar-refractivity contribution in [3.63, 3.8) is 0 Å². The number of aromatic nitrogens is 2. The Morgan fingerprint density at radius 3 is 2.96 bits per heavy atom. The summed E-state index contributed by atoms with van der Waals surface area (Å²) in [5.41, 5.74) is 2.70. The van der Waals surface area contributed by atoms with Gasteiger partial charge in [-0.25, -0.2) is 4.98 Å². The molecule has 0 aliphatic rings. The number of hydrogen-bond donors (Lipinski definition) is 1. The number of hydrogen-bond acceptors (Lipinski definition) is 5. The van der Waals surface area contributed by atoms with Gasteiger partial charge >= 0.3 is 0 Å². The van der Waals surface area contributed by atoms with Crippen molar-refractivity contribution in [3.05, 3.63) is 59.0 Å². The first-order valence-corrected chi connectivity index (χ1v) is 10.4. The van der Waals surface area contributed by atoms with Crippen molar-refractivity contribution < 1.29 is 9.53 Å². The number of benzene rings is 1. The number of thiazole rings is 1. The third-order valence-corrected chi connectivity index (χ3v) is 6.18. The summed E-state index contributed by atoms with van der Waals surface area (Å²) in [4.78, 5) is 18.2. The van der Waals surface area contributed by atoms with E-state index in [9.17, 15) is 4.79 Å². The highest BCUT2D eigenvalue weighted by Crippen LogP contribution is 2.28. The summed E-state index contributed by atoms with van der Waals surface area (Å²) >= 11 is 3.23. The van der Waals surface area contributed by atoms with E-state index in [0.29, 0.717) is 6.61 Å². The molecular formula is C20H19N3O2S2. The van der Waals surface area contributed by atoms with Crippen LogP contribution in [0.15, 0.2) is 53.4 Å². The Morgan fingerprint density at radius 1 is 1.22 bits per heavy atom. The van der Waals surface area contributed by atoms with Gasteiger partial charge in [-0.3, -0.25) is 4.79 Å². The molecule has 3 aromatic heterocycles. The number of nitrogens with zero attached hydrogens (tertiary/aromatic N) is 2. The van der Waals surface area contributed by atoms with Gasteiger partial charge in [-0.2, -0.15) is 0 Å². The normalized spacial score (nSPS) is 11.1. The maximum Gasteiger partial charge on any atom is 0.230 e. The lowest BCUT2D eigenvalue weighted by atomic mass is 10.2. The molecule has 3 heterocycles. The van der Waals surface area contributed by atoms with Crippen LogP contribution in [-0.2, 0) is 22.5 Å². The Morgan fingerprint density at radius 2 is 2.15 bits per heavy atom. The van der Waals surface area contributed by atoms with Gasteiger partial charge in [0, 0.05) is 30.6 Å². The quantitative estimate of drug-likeness (QED) is 0.494. The lowest BCUT2D eigenvalue weighted by Crippen LogP contribution is -2.14. The molecule has 0 saturated heterocycles. The number of thiophene rings is 1. The molecule has 138 valence electrons. The molecule has 0 radical (unpaired) electrons. The van der Waals surface area contributed by atoms with Gasteiger partial charge in [0.2, 0.25) is 5.91 Å². The number of nitrogens with one attached hydrogen (secondary N) is 1. The summed E-state index contributed by atoms with van der Waals surface area (Å²) in [6, 6.07) is 12.0. The fourth-order valence-electron chi connectivity index (χ4n) is 2.98. The van der Waals surface area contributed by atoms with Crippen LogP contribution in [0, 0.1) is 0 Å². The van der Waals surface area contributed by atoms with E-state index in [4.69, 9.17) is 4.74 Å². The van der Waals surface area contributed by atoms with Gasteiger partial charge in [-0.05, 0) is 29.6 Å². The van der Waals surface area contributed by atoms with Crippen molar-refractivity contribution >= 4 is 45.2 Å². The fraction of sp³-hybridized carbons (Fsp3) is 0.200. The van der Waals surface area contributed by atoms with E-state index < -0.39 is 0 Å². The van der Waals surface area contributed by atoms with Crippen molar-refractivity contribution in [1.29, 1.82) is 0 Å². The molecule has 27 heavy (non-hydrogen) atoms. The van der Waals surface area contributed by atoms with Crippen LogP contribution < -0.4 is 5.32 Å². The summed E-state index contributed by atoms with van der Waals surface area (Å²) in [6.07, 6.45) is 2.29. The highest BCUT2D eigenvalue weighted by Gasteiger charge is 2.12. The third-order valence-electron chi connectivity index (χ3n) is 4.25. The molecule has 1 amide bonds. The first-order valence-electron chi connectivity index (χ1n) is 8.59. The Balaban J connectivity index is 1.47. The number of amides is 1. The minimum atomic E-state index is -0.0600. The number of ether oxygens (including phenoxy) is 1. The van der Waals surface area contributed by atoms with Crippen molar-refractivity contribution in [3.8, 4) is 9.88 Å². The Kier molecular flexibility index (Phi) is 5.33. The van der Waals surface area contributed by atoms with E-state index in [1.165, 1.54) is 0 Å². The van der Waals surface area contributed by atoms with Gasteiger partial charge in [0.1, 0.15) is 5.01 Å². The van der Waals surface area contributed by atoms with E-state index in [2.05, 4.69) is 14.9 Å². The smallest absolute Gasteiger partial charge is 0.230 e. The highest BCUT2D eigenvalue weighted by molar-refractivity contribution is 7.20. The number of carbonyl (C=O) groups is 1. The zero-order valence-electron chi connectivity index (χ0n) is 14.8. The van der Waals surface area contributed by atoms with Crippen LogP contribution in [0.2, 0.25) is 0 Å². The molecule has 0 atom stereocenters. The number of anilines is 1. The fourth-order valence-corrected chi connectivity index (χ4v) is 4.61. The van der Waals surface area contributed by atoms with Crippen LogP contribution in [0.3, 0.4) is 0 Å². The largest absolute Gasteiger partial charge is 0.383 e. The molecule has 1 aromatic carbocycles. The Hall–Kier alpha value is -2.48. The molecule has 4 rings (SSSR count). The first-order chi connectivity index (χ1) is 13.2. The molecule has 0 spiro atoms. The molecule has 0 bridgehead atoms. The number of carbonyl (C=O) groups excluding carboxylic acids is 1. The predicted octanol–water partition coefficient (Wildman–Crippen LogP) is 4.65. The van der Waals surface area contributed by atoms with E-state index in [1.807, 2.05) is 53.4 Å². The predicted molar refractivity (Wildman–Crippen MR) is 112 cm³/mol. The van der Waals surface area contributed by atoms with Gasteiger partial charge in [-0.1, -0.05) is 12.1 Å². The van der Waals surface area contributed by atoms with Crippen LogP contribution in [0.4, 0.5) is 5.69 Å². The average Bonchev–Trinajstić information content (AvgIpc) is 3.41. The molecule has 0 aliphatic heterocycles. The molecule has 5 nitrogen and oxygen atoms in total. The summed E-state index contributed by atoms with van der Waals surface area (Å²) in [5.74, 6) is -0.0600. The highest BCUT2D eigenvalue weighted by atomic mass is 32.1. The zero-order chi connectivity index (χ0) is 18.6. The van der Waals surface area contributed by atoms with E-state index in [-0.39, 0.29) is 12.3 Å². The second-order valence-corrected chi connectivity index (χ2v) is 7.89. The Bertz CT molecular complexity index is 1050. The van der Waals surface area contributed by atoms with Gasteiger partial charge in [0.15, 0.2) is 0 Å². The van der Waals surface area contributed by atoms with Crippen molar-refractivity contribution in [2.24, 2.45) is 0 Å². The maximum absolute atomic E-state index is 12.5. The molecule has 0 aliphatic carbocycles. The molecule has 4 aromatic rings. The lowest BCUT2D eigenvalue weighted by molar-refractivity contribution is -0.115. The van der Waals surface area contributed by atoms with Gasteiger partial charge < -0.3 is 14.6 Å². The zero-order valence-corrected chi connectivity index (χ0v) is 16.5. The van der Waals surface area contributed by atoms with Gasteiger partial charge in [-0.15, -0.1) is 22.7 Å². The van der Waals surface area contributed by atoms with E-state index >= 15 is 0 Å². The minimum absolute atomic E-state index is 0.0600. The second-order valence-electron chi connectivity index (χ2n) is 6.09. The minimum Gasteiger partial charge on any atom is -0.383 e. The number of methoxy groups -OCH3 is 1. The van der Waals surface area contributed by atoms with E-state index in [0.717, 1.165) is 38.7 Å². The molecule has 7 heteroatoms. The van der Waals surface area contributed by atoms with Crippen LogP contribution in [-0.4, -0.2) is 29.2 Å². The summed E-state index contributed by atoms with van der Waals surface area (Å²) in [7, 11) is 1.69. The van der Waals surface area contributed by atoms with Crippen LogP contribution in [0.5, 0.6) is 0 Å². The van der Waals surface area contributed by atoms with Gasteiger partial charge in [0.05, 0.1) is 34.8 Å². The Labute approximate surface area is 165 Å². The topological polar surface area (TPSA) is 56.1 Å². The summed E-state index contributed by atoms with van der Waals surface area (Å²) in [6.45, 7) is 1.43. The molecular weight excluding hydrogens is 378 g/mol. The molecule has 0 unspecified atom stereocenters. The monoisotopic (exact) mass is 397 g/mol. The maximum atomic E-state index is 12.5. The van der Waals surface area contributed by atoms with Gasteiger partial charge in [0.25, 0.3) is 0 Å². The molecule has 0 fully saturated rings. The summed E-state index contributed by atoms with van der Waals surface area (Å²) < 4.78 is 7.29. The SMILES string of the molecule is COCCn1ccc2c(NC(=O)Cc3csc(-c4cccs4)n3)cccc21. The van der Waals surface area contributed by atoms with Crippen LogP contribution in [0.25, 0.3) is 20.8 Å². The lowest BCUT2D eigenvalue weighted by Gasteiger charge is -2.08. The molecule has 0 saturated carbocycles. The average molecular weight is 398 g/mol. The number of fused-ring (bicyclic) bond motifs is 1. The molecule has 1 N–H and O–H groups in total. The second kappa shape index (κ2) is 8.04. The van der Waals surface area contributed by atoms with Crippen LogP contribution >= 0.6 is 22.7 Å². The standard InChI is InChI=1S/C20H19N3O2S2/c1-25-10-9-23-8-7-15-16(4-2-5-17(15)23)22-19(24)12-14-13-27-20(21-14)18-6-3-11-26-18/h2-8,11,13H,9-10,12H2,1H3,(H,22,24). The van der Waals surface area contributed by atoms with Crippen molar-refractivity contribution in [2.45, 2.75) is 13.0 Å². The summed E-state index contributed by atoms with van der Waals surface area (Å²) in [5, 5.41) is 9.01. The van der Waals surface area contributed by atoms with Crippen LogP contribution in [0.1, 0.15) is 5.69 Å². The first kappa shape index (κ1) is 17.9. The van der Waals surface area contributed by atoms with Crippen molar-refractivity contribution in [2.75, 3.05) is 19.0 Å². The third kappa shape index (κ3) is 3.95.